The topological polar surface area (TPSA) is 84.9 Å². The quantitative estimate of drug-likeness (QED) is 0.632. The van der Waals surface area contributed by atoms with Gasteiger partial charge in [-0.25, -0.2) is 4.79 Å². The van der Waals surface area contributed by atoms with Gasteiger partial charge in [-0.05, 0) is 47.4 Å². The number of aromatic hydroxyl groups is 1. The van der Waals surface area contributed by atoms with Crippen LogP contribution in [0.1, 0.15) is 36.7 Å². The molecule has 2 rings (SSSR count). The van der Waals surface area contributed by atoms with Crippen LogP contribution in [0.4, 0.5) is 5.69 Å². The van der Waals surface area contributed by atoms with Crippen LogP contribution in [-0.4, -0.2) is 30.7 Å². The first-order chi connectivity index (χ1) is 12.2. The Morgan fingerprint density at radius 1 is 1.08 bits per heavy atom. The van der Waals surface area contributed by atoms with Crippen LogP contribution in [0.5, 0.6) is 11.5 Å². The Hall–Kier alpha value is -3.02. The van der Waals surface area contributed by atoms with Gasteiger partial charge in [-0.1, -0.05) is 26.8 Å². The van der Waals surface area contributed by atoms with Crippen LogP contribution in [0.3, 0.4) is 0 Å². The van der Waals surface area contributed by atoms with E-state index in [4.69, 9.17) is 9.47 Å². The SMILES string of the molecule is COC(=O)c1ccc(C(C)(C)C)c(OCC(=O)Nc2ccc(O)cc2)c1. The molecule has 0 radical (unpaired) electrons. The van der Waals surface area contributed by atoms with Gasteiger partial charge in [0.2, 0.25) is 0 Å². The summed E-state index contributed by atoms with van der Waals surface area (Å²) in [4.78, 5) is 23.9. The molecule has 138 valence electrons. The second-order valence-corrected chi connectivity index (χ2v) is 6.84. The number of rotatable bonds is 5. The molecule has 0 bridgehead atoms. The van der Waals surface area contributed by atoms with Crippen LogP contribution in [0, 0.1) is 0 Å². The summed E-state index contributed by atoms with van der Waals surface area (Å²) in [6, 6.07) is 11.2. The molecule has 0 fully saturated rings. The van der Waals surface area contributed by atoms with Gasteiger partial charge in [-0.3, -0.25) is 4.79 Å². The first-order valence-electron chi connectivity index (χ1n) is 8.15. The standard InChI is InChI=1S/C20H23NO5/c1-20(2,3)16-10-5-13(19(24)25-4)11-17(16)26-12-18(23)21-14-6-8-15(22)9-7-14/h5-11,22H,12H2,1-4H3,(H,21,23). The van der Waals surface area contributed by atoms with E-state index in [1.165, 1.54) is 19.2 Å². The smallest absolute Gasteiger partial charge is 0.337 e. The van der Waals surface area contributed by atoms with Crippen molar-refractivity contribution in [2.45, 2.75) is 26.2 Å². The number of methoxy groups -OCH3 is 1. The Labute approximate surface area is 152 Å². The third-order valence-electron chi connectivity index (χ3n) is 3.72. The lowest BCUT2D eigenvalue weighted by molar-refractivity contribution is -0.118. The fraction of sp³-hybridized carbons (Fsp3) is 0.300. The molecule has 0 aliphatic rings. The highest BCUT2D eigenvalue weighted by atomic mass is 16.5. The average Bonchev–Trinajstić information content (AvgIpc) is 2.60. The highest BCUT2D eigenvalue weighted by Gasteiger charge is 2.21. The van der Waals surface area contributed by atoms with Crippen molar-refractivity contribution < 1.29 is 24.2 Å². The third-order valence-corrected chi connectivity index (χ3v) is 3.72. The Balaban J connectivity index is 2.14. The summed E-state index contributed by atoms with van der Waals surface area (Å²) in [7, 11) is 1.31. The van der Waals surface area contributed by atoms with Gasteiger partial charge in [-0.2, -0.15) is 0 Å². The number of anilines is 1. The molecule has 0 heterocycles. The van der Waals surface area contributed by atoms with Crippen molar-refractivity contribution in [3.63, 3.8) is 0 Å². The lowest BCUT2D eigenvalue weighted by Gasteiger charge is -2.23. The third kappa shape index (κ3) is 4.99. The van der Waals surface area contributed by atoms with E-state index in [-0.39, 0.29) is 23.7 Å². The second kappa shape index (κ2) is 7.91. The lowest BCUT2D eigenvalue weighted by atomic mass is 9.86. The van der Waals surface area contributed by atoms with Crippen LogP contribution < -0.4 is 10.1 Å². The molecule has 0 spiro atoms. The minimum atomic E-state index is -0.469. The van der Waals surface area contributed by atoms with E-state index >= 15 is 0 Å². The molecule has 6 nitrogen and oxygen atoms in total. The number of hydrogen-bond donors (Lipinski definition) is 2. The Bertz CT molecular complexity index is 791. The largest absolute Gasteiger partial charge is 0.508 e. The monoisotopic (exact) mass is 357 g/mol. The first-order valence-corrected chi connectivity index (χ1v) is 8.15. The van der Waals surface area contributed by atoms with Crippen molar-refractivity contribution in [2.24, 2.45) is 0 Å². The zero-order valence-corrected chi connectivity index (χ0v) is 15.3. The molecule has 6 heteroatoms. The summed E-state index contributed by atoms with van der Waals surface area (Å²) >= 11 is 0. The van der Waals surface area contributed by atoms with Gasteiger partial charge in [0.1, 0.15) is 11.5 Å². The number of carbonyl (C=O) groups excluding carboxylic acids is 2. The molecule has 2 N–H and O–H groups in total. The van der Waals surface area contributed by atoms with Crippen LogP contribution in [-0.2, 0) is 14.9 Å². The number of benzene rings is 2. The number of nitrogens with one attached hydrogen (secondary N) is 1. The molecule has 0 saturated carbocycles. The van der Waals surface area contributed by atoms with Gasteiger partial charge in [0.15, 0.2) is 6.61 Å². The molecule has 26 heavy (non-hydrogen) atoms. The lowest BCUT2D eigenvalue weighted by Crippen LogP contribution is -2.22. The summed E-state index contributed by atoms with van der Waals surface area (Å²) < 4.78 is 10.4. The van der Waals surface area contributed by atoms with E-state index in [2.05, 4.69) is 5.32 Å². The van der Waals surface area contributed by atoms with Gasteiger partial charge in [0.05, 0.1) is 12.7 Å². The maximum atomic E-state index is 12.1. The van der Waals surface area contributed by atoms with Crippen molar-refractivity contribution >= 4 is 17.6 Å². The minimum Gasteiger partial charge on any atom is -0.508 e. The Morgan fingerprint density at radius 3 is 2.31 bits per heavy atom. The van der Waals surface area contributed by atoms with Crippen molar-refractivity contribution in [2.75, 3.05) is 19.0 Å². The maximum Gasteiger partial charge on any atom is 0.337 e. The Morgan fingerprint density at radius 2 is 1.73 bits per heavy atom. The zero-order valence-electron chi connectivity index (χ0n) is 15.3. The number of hydrogen-bond acceptors (Lipinski definition) is 5. The second-order valence-electron chi connectivity index (χ2n) is 6.84. The predicted molar refractivity (Wildman–Crippen MR) is 98.7 cm³/mol. The number of ether oxygens (including phenoxy) is 2. The van der Waals surface area contributed by atoms with Gasteiger partial charge in [0.25, 0.3) is 5.91 Å². The average molecular weight is 357 g/mol. The van der Waals surface area contributed by atoms with Crippen molar-refractivity contribution in [3.8, 4) is 11.5 Å². The zero-order chi connectivity index (χ0) is 19.3. The van der Waals surface area contributed by atoms with Gasteiger partial charge in [-0.15, -0.1) is 0 Å². The number of amides is 1. The molecule has 2 aromatic rings. The van der Waals surface area contributed by atoms with Crippen LogP contribution in [0.2, 0.25) is 0 Å². The minimum absolute atomic E-state index is 0.119. The molecule has 0 aliphatic heterocycles. The number of phenols is 1. The fourth-order valence-electron chi connectivity index (χ4n) is 2.39. The van der Waals surface area contributed by atoms with Crippen LogP contribution in [0.15, 0.2) is 42.5 Å². The summed E-state index contributed by atoms with van der Waals surface area (Å²) in [5, 5.41) is 11.9. The Kier molecular flexibility index (Phi) is 5.87. The molecule has 2 aromatic carbocycles. The number of phenolic OH excluding ortho intramolecular Hbond substituents is 1. The molecule has 0 aliphatic carbocycles. The van der Waals surface area contributed by atoms with E-state index in [9.17, 15) is 14.7 Å². The van der Waals surface area contributed by atoms with Crippen LogP contribution >= 0.6 is 0 Å². The summed E-state index contributed by atoms with van der Waals surface area (Å²) in [6.07, 6.45) is 0. The first kappa shape index (κ1) is 19.3. The molecular formula is C20H23NO5. The maximum absolute atomic E-state index is 12.1. The van der Waals surface area contributed by atoms with E-state index < -0.39 is 5.97 Å². The van der Waals surface area contributed by atoms with E-state index in [0.717, 1.165) is 5.56 Å². The van der Waals surface area contributed by atoms with Crippen LogP contribution in [0.25, 0.3) is 0 Å². The highest BCUT2D eigenvalue weighted by molar-refractivity contribution is 5.92. The van der Waals surface area contributed by atoms with E-state index in [0.29, 0.717) is 17.0 Å². The van der Waals surface area contributed by atoms with Gasteiger partial charge < -0.3 is 19.9 Å². The summed E-state index contributed by atoms with van der Waals surface area (Å²) in [6.45, 7) is 5.84. The number of esters is 1. The summed E-state index contributed by atoms with van der Waals surface area (Å²) in [5.74, 6) is -0.238. The summed E-state index contributed by atoms with van der Waals surface area (Å²) in [5.41, 5.74) is 1.56. The fourth-order valence-corrected chi connectivity index (χ4v) is 2.39. The van der Waals surface area contributed by atoms with Gasteiger partial charge >= 0.3 is 5.97 Å². The predicted octanol–water partition coefficient (Wildman–Crippen LogP) is 3.49. The van der Waals surface area contributed by atoms with Crippen molar-refractivity contribution in [3.05, 3.63) is 53.6 Å². The number of carbonyl (C=O) groups is 2. The van der Waals surface area contributed by atoms with Gasteiger partial charge in [0, 0.05) is 5.69 Å². The van der Waals surface area contributed by atoms with Crippen molar-refractivity contribution in [1.29, 1.82) is 0 Å². The molecular weight excluding hydrogens is 334 g/mol. The molecule has 0 aromatic heterocycles. The van der Waals surface area contributed by atoms with E-state index in [1.807, 2.05) is 20.8 Å². The highest BCUT2D eigenvalue weighted by Crippen LogP contribution is 2.32. The normalized spacial score (nSPS) is 10.9. The molecule has 0 saturated heterocycles. The van der Waals surface area contributed by atoms with E-state index in [1.54, 1.807) is 30.3 Å². The molecule has 1 amide bonds. The van der Waals surface area contributed by atoms with Crippen molar-refractivity contribution in [1.82, 2.24) is 0 Å². The molecule has 0 unspecified atom stereocenters. The molecule has 0 atom stereocenters.